The normalized spacial score (nSPS) is 23.6. The molecule has 0 spiro atoms. The van der Waals surface area contributed by atoms with Crippen LogP contribution in [0, 0.1) is 12.8 Å². The van der Waals surface area contributed by atoms with Crippen molar-refractivity contribution in [3.8, 4) is 0 Å². The van der Waals surface area contributed by atoms with Gasteiger partial charge in [-0.3, -0.25) is 0 Å². The van der Waals surface area contributed by atoms with Crippen molar-refractivity contribution < 1.29 is 9.90 Å². The predicted molar refractivity (Wildman–Crippen MR) is 116 cm³/mol. The molecule has 2 atom stereocenters. The number of nitrogens with zero attached hydrogens (tertiary/aromatic N) is 1. The molecule has 29 heavy (non-hydrogen) atoms. The average molecular weight is 393 g/mol. The van der Waals surface area contributed by atoms with Crippen molar-refractivity contribution in [1.29, 1.82) is 0 Å². The Morgan fingerprint density at radius 3 is 2.34 bits per heavy atom. The minimum absolute atomic E-state index is 0.0261. The summed E-state index contributed by atoms with van der Waals surface area (Å²) in [5.74, 6) is 0.543. The molecule has 0 bridgehead atoms. The van der Waals surface area contributed by atoms with Gasteiger partial charge in [-0.05, 0) is 57.1 Å². The Labute approximate surface area is 173 Å². The molecule has 2 fully saturated rings. The SMILES string of the molecule is Cc1ccc(C(C2CC2)N2CCC(CC(C)(C)O)(c3ccccc3)NC2=O)cc1. The Balaban J connectivity index is 1.62. The van der Waals surface area contributed by atoms with Crippen LogP contribution >= 0.6 is 0 Å². The van der Waals surface area contributed by atoms with Crippen molar-refractivity contribution in [2.24, 2.45) is 5.92 Å². The fraction of sp³-hybridized carbons (Fsp3) is 0.480. The first-order valence-corrected chi connectivity index (χ1v) is 10.7. The van der Waals surface area contributed by atoms with E-state index in [0.717, 1.165) is 12.0 Å². The van der Waals surface area contributed by atoms with Crippen LogP contribution in [-0.2, 0) is 5.54 Å². The number of nitrogens with one attached hydrogen (secondary N) is 1. The third kappa shape index (κ3) is 4.32. The zero-order chi connectivity index (χ0) is 20.6. The van der Waals surface area contributed by atoms with Crippen molar-refractivity contribution >= 4 is 6.03 Å². The van der Waals surface area contributed by atoms with Gasteiger partial charge < -0.3 is 15.3 Å². The number of hydrogen-bond acceptors (Lipinski definition) is 2. The lowest BCUT2D eigenvalue weighted by Gasteiger charge is -2.47. The van der Waals surface area contributed by atoms with Gasteiger partial charge in [-0.1, -0.05) is 60.2 Å². The molecule has 1 saturated carbocycles. The second-order valence-electron chi connectivity index (χ2n) is 9.50. The molecule has 4 nitrogen and oxygen atoms in total. The summed E-state index contributed by atoms with van der Waals surface area (Å²) in [5, 5.41) is 13.9. The van der Waals surface area contributed by atoms with Gasteiger partial charge in [0.15, 0.2) is 0 Å². The number of carbonyl (C=O) groups is 1. The second-order valence-corrected chi connectivity index (χ2v) is 9.50. The molecule has 154 valence electrons. The largest absolute Gasteiger partial charge is 0.390 e. The molecule has 2 aromatic carbocycles. The van der Waals surface area contributed by atoms with E-state index in [-0.39, 0.29) is 12.1 Å². The summed E-state index contributed by atoms with van der Waals surface area (Å²) in [4.78, 5) is 15.4. The maximum atomic E-state index is 13.4. The van der Waals surface area contributed by atoms with Crippen LogP contribution in [0.3, 0.4) is 0 Å². The first-order chi connectivity index (χ1) is 13.8. The van der Waals surface area contributed by atoms with Crippen LogP contribution in [0.5, 0.6) is 0 Å². The van der Waals surface area contributed by atoms with E-state index in [1.165, 1.54) is 24.0 Å². The number of aliphatic hydroxyl groups is 1. The molecular formula is C25H32N2O2. The van der Waals surface area contributed by atoms with Crippen molar-refractivity contribution in [2.75, 3.05) is 6.54 Å². The Morgan fingerprint density at radius 1 is 1.14 bits per heavy atom. The van der Waals surface area contributed by atoms with Gasteiger partial charge >= 0.3 is 6.03 Å². The maximum absolute atomic E-state index is 13.4. The molecule has 2 aliphatic rings. The van der Waals surface area contributed by atoms with Gasteiger partial charge in [0.2, 0.25) is 0 Å². The average Bonchev–Trinajstić information content (AvgIpc) is 3.50. The topological polar surface area (TPSA) is 52.6 Å². The fourth-order valence-corrected chi connectivity index (χ4v) is 4.85. The minimum Gasteiger partial charge on any atom is -0.390 e. The summed E-state index contributed by atoms with van der Waals surface area (Å²) < 4.78 is 0. The smallest absolute Gasteiger partial charge is 0.318 e. The van der Waals surface area contributed by atoms with Crippen LogP contribution in [0.25, 0.3) is 0 Å². The van der Waals surface area contributed by atoms with Gasteiger partial charge in [-0.15, -0.1) is 0 Å². The highest BCUT2D eigenvalue weighted by Gasteiger charge is 2.47. The van der Waals surface area contributed by atoms with Crippen LogP contribution < -0.4 is 5.32 Å². The van der Waals surface area contributed by atoms with Gasteiger partial charge in [0.1, 0.15) is 0 Å². The molecule has 2 N–H and O–H groups in total. The molecule has 2 amide bonds. The standard InChI is InChI=1S/C25H32N2O2/c1-18-9-11-19(12-10-18)22(20-13-14-20)27-16-15-25(26-23(27)28,17-24(2,3)29)21-7-5-4-6-8-21/h4-12,20,22,29H,13-17H2,1-3H3,(H,26,28). The zero-order valence-electron chi connectivity index (χ0n) is 17.7. The van der Waals surface area contributed by atoms with Crippen molar-refractivity contribution in [3.05, 3.63) is 71.3 Å². The van der Waals surface area contributed by atoms with Crippen LogP contribution in [0.2, 0.25) is 0 Å². The molecule has 1 aliphatic heterocycles. The molecule has 1 saturated heterocycles. The van der Waals surface area contributed by atoms with Gasteiger partial charge in [0, 0.05) is 13.0 Å². The first kappa shape index (κ1) is 20.0. The van der Waals surface area contributed by atoms with Crippen LogP contribution in [0.15, 0.2) is 54.6 Å². The zero-order valence-corrected chi connectivity index (χ0v) is 17.7. The highest BCUT2D eigenvalue weighted by Crippen LogP contribution is 2.47. The molecule has 4 rings (SSSR count). The summed E-state index contributed by atoms with van der Waals surface area (Å²) in [7, 11) is 0. The van der Waals surface area contributed by atoms with E-state index in [2.05, 4.69) is 48.6 Å². The molecule has 0 radical (unpaired) electrons. The van der Waals surface area contributed by atoms with E-state index in [1.54, 1.807) is 0 Å². The van der Waals surface area contributed by atoms with Crippen molar-refractivity contribution in [2.45, 2.75) is 63.6 Å². The quantitative estimate of drug-likeness (QED) is 0.733. The third-order valence-corrected chi connectivity index (χ3v) is 6.27. The number of urea groups is 1. The van der Waals surface area contributed by atoms with E-state index in [1.807, 2.05) is 36.9 Å². The number of aryl methyl sites for hydroxylation is 1. The number of hydrogen-bond donors (Lipinski definition) is 2. The van der Waals surface area contributed by atoms with E-state index < -0.39 is 11.1 Å². The third-order valence-electron chi connectivity index (χ3n) is 6.27. The Morgan fingerprint density at radius 2 is 1.79 bits per heavy atom. The molecule has 4 heteroatoms. The number of carbonyl (C=O) groups excluding carboxylic acids is 1. The van der Waals surface area contributed by atoms with Crippen LogP contribution in [0.4, 0.5) is 4.79 Å². The summed E-state index contributed by atoms with van der Waals surface area (Å²) in [6.07, 6.45) is 3.62. The maximum Gasteiger partial charge on any atom is 0.318 e. The van der Waals surface area contributed by atoms with Gasteiger partial charge in [-0.2, -0.15) is 0 Å². The van der Waals surface area contributed by atoms with E-state index in [0.29, 0.717) is 18.9 Å². The number of rotatable bonds is 6. The lowest BCUT2D eigenvalue weighted by Crippen LogP contribution is -2.60. The molecule has 0 aromatic heterocycles. The van der Waals surface area contributed by atoms with Gasteiger partial charge in [-0.25, -0.2) is 4.79 Å². The summed E-state index contributed by atoms with van der Waals surface area (Å²) in [5.41, 5.74) is 2.10. The van der Waals surface area contributed by atoms with Crippen molar-refractivity contribution in [3.63, 3.8) is 0 Å². The Hall–Kier alpha value is -2.33. The lowest BCUT2D eigenvalue weighted by molar-refractivity contribution is 0.0204. The summed E-state index contributed by atoms with van der Waals surface area (Å²) in [6.45, 7) is 6.41. The van der Waals surface area contributed by atoms with Crippen LogP contribution in [0.1, 0.15) is 62.3 Å². The lowest BCUT2D eigenvalue weighted by atomic mass is 9.77. The van der Waals surface area contributed by atoms with Gasteiger partial charge in [0.25, 0.3) is 0 Å². The number of benzene rings is 2. The predicted octanol–water partition coefficient (Wildman–Crippen LogP) is 4.92. The van der Waals surface area contributed by atoms with E-state index in [4.69, 9.17) is 0 Å². The molecule has 1 heterocycles. The summed E-state index contributed by atoms with van der Waals surface area (Å²) >= 11 is 0. The Bertz CT molecular complexity index is 853. The van der Waals surface area contributed by atoms with Crippen LogP contribution in [-0.4, -0.2) is 28.2 Å². The second kappa shape index (κ2) is 7.49. The first-order valence-electron chi connectivity index (χ1n) is 10.7. The molecular weight excluding hydrogens is 360 g/mol. The minimum atomic E-state index is -0.877. The molecule has 1 aliphatic carbocycles. The van der Waals surface area contributed by atoms with Crippen molar-refractivity contribution in [1.82, 2.24) is 10.2 Å². The molecule has 2 unspecified atom stereocenters. The monoisotopic (exact) mass is 392 g/mol. The van der Waals surface area contributed by atoms with Gasteiger partial charge in [0.05, 0.1) is 17.2 Å². The fourth-order valence-electron chi connectivity index (χ4n) is 4.85. The van der Waals surface area contributed by atoms with E-state index >= 15 is 0 Å². The highest BCUT2D eigenvalue weighted by atomic mass is 16.3. The summed E-state index contributed by atoms with van der Waals surface area (Å²) in [6, 6.07) is 18.8. The Kier molecular flexibility index (Phi) is 5.16. The number of amides is 2. The van der Waals surface area contributed by atoms with E-state index in [9.17, 15) is 9.90 Å². The molecule has 2 aromatic rings. The highest BCUT2D eigenvalue weighted by molar-refractivity contribution is 5.77.